The molecule has 0 aliphatic carbocycles. The molecule has 3 rings (SSSR count). The van der Waals surface area contributed by atoms with Gasteiger partial charge in [-0.25, -0.2) is 0 Å². The first-order chi connectivity index (χ1) is 8.33. The first-order valence-corrected chi connectivity index (χ1v) is 7.24. The predicted molar refractivity (Wildman–Crippen MR) is 78.1 cm³/mol. The summed E-state index contributed by atoms with van der Waals surface area (Å²) in [6, 6.07) is 6.51. The molecule has 2 heterocycles. The maximum absolute atomic E-state index is 4.48. The molecule has 0 N–H and O–H groups in total. The Bertz CT molecular complexity index is 514. The van der Waals surface area contributed by atoms with Gasteiger partial charge in [-0.1, -0.05) is 0 Å². The number of rotatable bonds is 3. The third kappa shape index (κ3) is 2.47. The molecule has 0 unspecified atom stereocenters. The van der Waals surface area contributed by atoms with Crippen LogP contribution in [0.4, 0.5) is 0 Å². The summed E-state index contributed by atoms with van der Waals surface area (Å²) in [5.41, 5.74) is 1.25. The van der Waals surface area contributed by atoms with Gasteiger partial charge in [-0.2, -0.15) is 5.10 Å². The lowest BCUT2D eigenvalue weighted by molar-refractivity contribution is 0.318. The van der Waals surface area contributed by atoms with Gasteiger partial charge in [0.1, 0.15) is 0 Å². The summed E-state index contributed by atoms with van der Waals surface area (Å²) >= 11 is 2.34. The fourth-order valence-electron chi connectivity index (χ4n) is 2.48. The summed E-state index contributed by atoms with van der Waals surface area (Å²) in [7, 11) is 0. The normalized spacial score (nSPS) is 17.0. The molecular formula is C13H16IN3. The minimum absolute atomic E-state index is 1.00. The van der Waals surface area contributed by atoms with Gasteiger partial charge in [0.05, 0.1) is 18.3 Å². The lowest BCUT2D eigenvalue weighted by Crippen LogP contribution is -2.24. The Morgan fingerprint density at radius 3 is 2.82 bits per heavy atom. The molecule has 0 spiro atoms. The number of likely N-dealkylation sites (tertiary alicyclic amines) is 1. The second-order valence-corrected chi connectivity index (χ2v) is 5.87. The van der Waals surface area contributed by atoms with E-state index in [-0.39, 0.29) is 0 Å². The minimum atomic E-state index is 1.00. The quantitative estimate of drug-likeness (QED) is 0.801. The Kier molecular flexibility index (Phi) is 3.33. The molecule has 1 saturated heterocycles. The summed E-state index contributed by atoms with van der Waals surface area (Å²) < 4.78 is 3.40. The topological polar surface area (TPSA) is 21.1 Å². The molecule has 1 aromatic heterocycles. The van der Waals surface area contributed by atoms with Gasteiger partial charge < -0.3 is 4.90 Å². The van der Waals surface area contributed by atoms with E-state index in [2.05, 4.69) is 55.5 Å². The van der Waals surface area contributed by atoms with Crippen molar-refractivity contribution >= 4 is 33.5 Å². The minimum Gasteiger partial charge on any atom is -0.301 e. The second-order valence-electron chi connectivity index (χ2n) is 4.62. The van der Waals surface area contributed by atoms with Crippen LogP contribution < -0.4 is 0 Å². The number of fused-ring (bicyclic) bond motifs is 1. The predicted octanol–water partition coefficient (Wildman–Crippen LogP) is 2.74. The maximum Gasteiger partial charge on any atom is 0.0683 e. The van der Waals surface area contributed by atoms with E-state index < -0.39 is 0 Å². The van der Waals surface area contributed by atoms with Crippen LogP contribution in [0, 0.1) is 3.57 Å². The molecule has 0 bridgehead atoms. The third-order valence-corrected chi connectivity index (χ3v) is 4.10. The van der Waals surface area contributed by atoms with Crippen LogP contribution >= 0.6 is 22.6 Å². The molecule has 3 nitrogen and oxygen atoms in total. The lowest BCUT2D eigenvalue weighted by atomic mass is 10.2. The van der Waals surface area contributed by atoms with E-state index in [1.807, 2.05) is 6.20 Å². The van der Waals surface area contributed by atoms with Crippen molar-refractivity contribution in [3.8, 4) is 0 Å². The highest BCUT2D eigenvalue weighted by Crippen LogP contribution is 2.17. The molecule has 1 aromatic carbocycles. The molecule has 0 atom stereocenters. The van der Waals surface area contributed by atoms with E-state index in [0.717, 1.165) is 13.1 Å². The first kappa shape index (κ1) is 11.5. The molecule has 0 amide bonds. The fourth-order valence-corrected chi connectivity index (χ4v) is 2.99. The molecule has 17 heavy (non-hydrogen) atoms. The van der Waals surface area contributed by atoms with Gasteiger partial charge in [0, 0.05) is 15.5 Å². The number of hydrogen-bond donors (Lipinski definition) is 0. The summed E-state index contributed by atoms with van der Waals surface area (Å²) in [5, 5.41) is 5.73. The Morgan fingerprint density at radius 2 is 2.00 bits per heavy atom. The molecule has 2 aromatic rings. The maximum atomic E-state index is 4.48. The zero-order valence-electron chi connectivity index (χ0n) is 9.77. The van der Waals surface area contributed by atoms with E-state index in [1.165, 1.54) is 40.4 Å². The van der Waals surface area contributed by atoms with Crippen LogP contribution in [0.2, 0.25) is 0 Å². The van der Waals surface area contributed by atoms with Gasteiger partial charge in [0.15, 0.2) is 0 Å². The Hall–Kier alpha value is -0.620. The molecular weight excluding hydrogens is 325 g/mol. The monoisotopic (exact) mass is 341 g/mol. The highest BCUT2D eigenvalue weighted by Gasteiger charge is 2.11. The van der Waals surface area contributed by atoms with Crippen molar-refractivity contribution in [1.82, 2.24) is 14.7 Å². The van der Waals surface area contributed by atoms with Crippen molar-refractivity contribution in [2.45, 2.75) is 19.4 Å². The summed E-state index contributed by atoms with van der Waals surface area (Å²) in [6.45, 7) is 4.65. The summed E-state index contributed by atoms with van der Waals surface area (Å²) in [4.78, 5) is 2.53. The van der Waals surface area contributed by atoms with Crippen LogP contribution in [0.1, 0.15) is 12.8 Å². The van der Waals surface area contributed by atoms with Gasteiger partial charge in [0.25, 0.3) is 0 Å². The number of hydrogen-bond acceptors (Lipinski definition) is 2. The lowest BCUT2D eigenvalue weighted by Gasteiger charge is -2.14. The number of aromatic nitrogens is 2. The van der Waals surface area contributed by atoms with Gasteiger partial charge in [0.2, 0.25) is 0 Å². The standard InChI is InChI=1S/C13H16IN3/c14-12-3-4-13-11(9-12)10-15-17(13)8-7-16-5-1-2-6-16/h3-4,9-10H,1-2,5-8H2. The average molecular weight is 341 g/mol. The average Bonchev–Trinajstić information content (AvgIpc) is 2.94. The van der Waals surface area contributed by atoms with E-state index in [0.29, 0.717) is 0 Å². The van der Waals surface area contributed by atoms with Crippen molar-refractivity contribution in [1.29, 1.82) is 0 Å². The smallest absolute Gasteiger partial charge is 0.0683 e. The van der Waals surface area contributed by atoms with E-state index >= 15 is 0 Å². The van der Waals surface area contributed by atoms with Gasteiger partial charge in [-0.05, 0) is 66.7 Å². The van der Waals surface area contributed by atoms with Crippen LogP contribution in [-0.2, 0) is 6.54 Å². The second kappa shape index (κ2) is 4.94. The molecule has 90 valence electrons. The molecule has 1 fully saturated rings. The fraction of sp³-hybridized carbons (Fsp3) is 0.462. The van der Waals surface area contributed by atoms with Crippen molar-refractivity contribution in [2.24, 2.45) is 0 Å². The third-order valence-electron chi connectivity index (χ3n) is 3.43. The van der Waals surface area contributed by atoms with Crippen molar-refractivity contribution in [3.05, 3.63) is 28.0 Å². The van der Waals surface area contributed by atoms with Gasteiger partial charge in [-0.15, -0.1) is 0 Å². The van der Waals surface area contributed by atoms with Gasteiger partial charge >= 0.3 is 0 Å². The zero-order valence-corrected chi connectivity index (χ0v) is 11.9. The highest BCUT2D eigenvalue weighted by atomic mass is 127. The Balaban J connectivity index is 1.76. The van der Waals surface area contributed by atoms with E-state index in [1.54, 1.807) is 0 Å². The van der Waals surface area contributed by atoms with Crippen LogP contribution in [0.3, 0.4) is 0 Å². The van der Waals surface area contributed by atoms with Gasteiger partial charge in [-0.3, -0.25) is 4.68 Å². The SMILES string of the molecule is Ic1ccc2c(cnn2CCN2CCCC2)c1. The Morgan fingerprint density at radius 1 is 1.18 bits per heavy atom. The molecule has 1 aliphatic rings. The van der Waals surface area contributed by atoms with Crippen LogP contribution in [0.25, 0.3) is 10.9 Å². The Labute approximate surface area is 115 Å². The van der Waals surface area contributed by atoms with Crippen LogP contribution in [0.15, 0.2) is 24.4 Å². The number of benzene rings is 1. The summed E-state index contributed by atoms with van der Waals surface area (Å²) in [6.07, 6.45) is 4.69. The van der Waals surface area contributed by atoms with E-state index in [4.69, 9.17) is 0 Å². The summed E-state index contributed by atoms with van der Waals surface area (Å²) in [5.74, 6) is 0. The van der Waals surface area contributed by atoms with Crippen molar-refractivity contribution in [3.63, 3.8) is 0 Å². The highest BCUT2D eigenvalue weighted by molar-refractivity contribution is 14.1. The molecule has 0 saturated carbocycles. The van der Waals surface area contributed by atoms with E-state index in [9.17, 15) is 0 Å². The first-order valence-electron chi connectivity index (χ1n) is 6.16. The van der Waals surface area contributed by atoms with Crippen LogP contribution in [-0.4, -0.2) is 34.3 Å². The molecule has 0 radical (unpaired) electrons. The largest absolute Gasteiger partial charge is 0.301 e. The number of halogens is 1. The zero-order chi connectivity index (χ0) is 11.7. The number of nitrogens with zero attached hydrogens (tertiary/aromatic N) is 3. The molecule has 4 heteroatoms. The van der Waals surface area contributed by atoms with Crippen LogP contribution in [0.5, 0.6) is 0 Å². The van der Waals surface area contributed by atoms with Crippen molar-refractivity contribution < 1.29 is 0 Å². The molecule has 1 aliphatic heterocycles. The van der Waals surface area contributed by atoms with Crippen molar-refractivity contribution in [2.75, 3.05) is 19.6 Å².